The van der Waals surface area contributed by atoms with Crippen LogP contribution in [0.2, 0.25) is 0 Å². The molecule has 3 aromatic carbocycles. The molecule has 4 nitrogen and oxygen atoms in total. The predicted molar refractivity (Wildman–Crippen MR) is 126 cm³/mol. The third-order valence-electron chi connectivity index (χ3n) is 4.91. The Morgan fingerprint density at radius 3 is 2.59 bits per heavy atom. The molecule has 29 heavy (non-hydrogen) atoms. The van der Waals surface area contributed by atoms with Crippen LogP contribution in [0.1, 0.15) is 27.2 Å². The first kappa shape index (κ1) is 19.4. The van der Waals surface area contributed by atoms with Gasteiger partial charge in [0, 0.05) is 37.8 Å². The predicted octanol–water partition coefficient (Wildman–Crippen LogP) is 5.37. The average molecular weight is 493 g/mol. The summed E-state index contributed by atoms with van der Waals surface area (Å²) >= 11 is 2.19. The van der Waals surface area contributed by atoms with Gasteiger partial charge in [0.25, 0.3) is 5.91 Å². The summed E-state index contributed by atoms with van der Waals surface area (Å²) in [5.41, 5.74) is 7.76. The second kappa shape index (κ2) is 8.61. The van der Waals surface area contributed by atoms with Gasteiger partial charge in [0.2, 0.25) is 0 Å². The Hall–Kier alpha value is -2.93. The molecule has 144 valence electrons. The highest BCUT2D eigenvalue weighted by Gasteiger charge is 2.13. The second-order valence-electron chi connectivity index (χ2n) is 6.80. The van der Waals surface area contributed by atoms with Crippen molar-refractivity contribution in [1.29, 1.82) is 0 Å². The van der Waals surface area contributed by atoms with Crippen LogP contribution in [0.3, 0.4) is 0 Å². The molecular weight excluding hydrogens is 473 g/mol. The molecule has 1 aromatic heterocycles. The van der Waals surface area contributed by atoms with E-state index in [0.29, 0.717) is 5.56 Å². The molecule has 5 heteroatoms. The number of hydrogen-bond acceptors (Lipinski definition) is 2. The van der Waals surface area contributed by atoms with Crippen LogP contribution in [0.15, 0.2) is 84.0 Å². The van der Waals surface area contributed by atoms with Crippen molar-refractivity contribution in [3.63, 3.8) is 0 Å². The van der Waals surface area contributed by atoms with Crippen molar-refractivity contribution < 1.29 is 4.79 Å². The van der Waals surface area contributed by atoms with Crippen molar-refractivity contribution in [2.24, 2.45) is 5.10 Å². The number of benzene rings is 3. The Labute approximate surface area is 183 Å². The zero-order valence-electron chi connectivity index (χ0n) is 16.0. The zero-order valence-corrected chi connectivity index (χ0v) is 18.1. The zero-order chi connectivity index (χ0) is 20.2. The molecule has 0 radical (unpaired) electrons. The number of para-hydroxylation sites is 1. The van der Waals surface area contributed by atoms with Gasteiger partial charge in [-0.2, -0.15) is 5.10 Å². The van der Waals surface area contributed by atoms with E-state index in [2.05, 4.69) is 81.0 Å². The fourth-order valence-corrected chi connectivity index (χ4v) is 3.98. The fraction of sp³-hybridized carbons (Fsp3) is 0.0833. The quantitative estimate of drug-likeness (QED) is 0.227. The molecule has 0 aliphatic rings. The number of hydrazone groups is 1. The Balaban J connectivity index is 1.63. The van der Waals surface area contributed by atoms with E-state index in [-0.39, 0.29) is 5.91 Å². The number of nitrogens with one attached hydrogen (secondary N) is 1. The number of rotatable bonds is 5. The molecule has 4 rings (SSSR count). The highest BCUT2D eigenvalue weighted by Crippen LogP contribution is 2.25. The van der Waals surface area contributed by atoms with E-state index >= 15 is 0 Å². The summed E-state index contributed by atoms with van der Waals surface area (Å²) in [5.74, 6) is -0.217. The van der Waals surface area contributed by atoms with Crippen LogP contribution in [0.4, 0.5) is 0 Å². The average Bonchev–Trinajstić information content (AvgIpc) is 3.00. The maximum atomic E-state index is 12.3. The summed E-state index contributed by atoms with van der Waals surface area (Å²) in [4.78, 5) is 12.3. The van der Waals surface area contributed by atoms with Crippen LogP contribution in [0.5, 0.6) is 0 Å². The van der Waals surface area contributed by atoms with Crippen molar-refractivity contribution in [3.05, 3.63) is 105 Å². The van der Waals surface area contributed by atoms with Gasteiger partial charge in [-0.05, 0) is 59.3 Å². The summed E-state index contributed by atoms with van der Waals surface area (Å²) in [6, 6.07) is 26.1. The second-order valence-corrected chi connectivity index (χ2v) is 8.04. The molecule has 1 heterocycles. The number of amides is 1. The normalized spacial score (nSPS) is 11.2. The number of fused-ring (bicyclic) bond motifs is 1. The lowest BCUT2D eigenvalue weighted by atomic mass is 10.1. The maximum absolute atomic E-state index is 12.3. The molecule has 0 bridgehead atoms. The molecule has 0 spiro atoms. The van der Waals surface area contributed by atoms with Crippen LogP contribution < -0.4 is 5.43 Å². The first-order valence-electron chi connectivity index (χ1n) is 9.34. The van der Waals surface area contributed by atoms with E-state index in [9.17, 15) is 4.79 Å². The number of carbonyl (C=O) groups excluding carboxylic acids is 1. The van der Waals surface area contributed by atoms with Crippen LogP contribution in [-0.2, 0) is 6.54 Å². The summed E-state index contributed by atoms with van der Waals surface area (Å²) in [7, 11) is 0. The van der Waals surface area contributed by atoms with Gasteiger partial charge in [0.05, 0.1) is 6.21 Å². The Kier molecular flexibility index (Phi) is 5.76. The SMILES string of the molecule is Cc1c(/C=N/NC(=O)c2cccc(I)c2)c2ccccc2n1Cc1ccccc1. The number of halogens is 1. The van der Waals surface area contributed by atoms with E-state index in [1.165, 1.54) is 5.56 Å². The van der Waals surface area contributed by atoms with E-state index in [0.717, 1.165) is 32.3 Å². The lowest BCUT2D eigenvalue weighted by molar-refractivity contribution is 0.0955. The molecule has 1 N–H and O–H groups in total. The summed E-state index contributed by atoms with van der Waals surface area (Å²) in [6.07, 6.45) is 1.74. The number of nitrogens with zero attached hydrogens (tertiary/aromatic N) is 2. The summed E-state index contributed by atoms with van der Waals surface area (Å²) < 4.78 is 3.30. The van der Waals surface area contributed by atoms with Gasteiger partial charge < -0.3 is 4.57 Å². The standard InChI is InChI=1S/C24H20IN3O/c1-17-22(15-26-27-24(29)19-10-7-11-20(25)14-19)21-12-5-6-13-23(21)28(17)16-18-8-3-2-4-9-18/h2-15H,16H2,1H3,(H,27,29)/b26-15+. The van der Waals surface area contributed by atoms with Crippen LogP contribution in [-0.4, -0.2) is 16.7 Å². The van der Waals surface area contributed by atoms with Crippen LogP contribution in [0.25, 0.3) is 10.9 Å². The first-order chi connectivity index (χ1) is 14.1. The van der Waals surface area contributed by atoms with Gasteiger partial charge >= 0.3 is 0 Å². The molecule has 0 saturated carbocycles. The minimum Gasteiger partial charge on any atom is -0.340 e. The lowest BCUT2D eigenvalue weighted by Crippen LogP contribution is -2.17. The Morgan fingerprint density at radius 1 is 1.03 bits per heavy atom. The molecule has 0 atom stereocenters. The molecule has 4 aromatic rings. The van der Waals surface area contributed by atoms with E-state index in [1.807, 2.05) is 36.4 Å². The third kappa shape index (κ3) is 4.24. The van der Waals surface area contributed by atoms with Gasteiger partial charge in [-0.3, -0.25) is 4.79 Å². The van der Waals surface area contributed by atoms with E-state index in [4.69, 9.17) is 0 Å². The molecule has 0 aliphatic heterocycles. The summed E-state index contributed by atoms with van der Waals surface area (Å²) in [5, 5.41) is 5.36. The molecule has 0 fully saturated rings. The maximum Gasteiger partial charge on any atom is 0.271 e. The van der Waals surface area contributed by atoms with Gasteiger partial charge in [0.1, 0.15) is 0 Å². The topological polar surface area (TPSA) is 46.4 Å². The Bertz CT molecular complexity index is 1200. The number of hydrogen-bond donors (Lipinski definition) is 1. The largest absolute Gasteiger partial charge is 0.340 e. The van der Waals surface area contributed by atoms with Gasteiger partial charge in [-0.1, -0.05) is 54.6 Å². The van der Waals surface area contributed by atoms with Crippen molar-refractivity contribution >= 4 is 45.6 Å². The number of carbonyl (C=O) groups is 1. The minimum absolute atomic E-state index is 0.217. The van der Waals surface area contributed by atoms with Crippen molar-refractivity contribution in [3.8, 4) is 0 Å². The highest BCUT2D eigenvalue weighted by atomic mass is 127. The van der Waals surface area contributed by atoms with E-state index < -0.39 is 0 Å². The molecule has 1 amide bonds. The molecule has 0 aliphatic carbocycles. The monoisotopic (exact) mass is 493 g/mol. The summed E-state index contributed by atoms with van der Waals surface area (Å²) in [6.45, 7) is 2.88. The third-order valence-corrected chi connectivity index (χ3v) is 5.58. The van der Waals surface area contributed by atoms with Crippen LogP contribution >= 0.6 is 22.6 Å². The smallest absolute Gasteiger partial charge is 0.271 e. The lowest BCUT2D eigenvalue weighted by Gasteiger charge is -2.08. The first-order valence-corrected chi connectivity index (χ1v) is 10.4. The Morgan fingerprint density at radius 2 is 1.79 bits per heavy atom. The highest BCUT2D eigenvalue weighted by molar-refractivity contribution is 14.1. The van der Waals surface area contributed by atoms with Gasteiger partial charge in [0.15, 0.2) is 0 Å². The molecule has 0 unspecified atom stereocenters. The van der Waals surface area contributed by atoms with Crippen molar-refractivity contribution in [2.45, 2.75) is 13.5 Å². The van der Waals surface area contributed by atoms with Crippen LogP contribution in [0, 0.1) is 10.5 Å². The van der Waals surface area contributed by atoms with Gasteiger partial charge in [-0.15, -0.1) is 0 Å². The number of aromatic nitrogens is 1. The molecular formula is C24H20IN3O. The molecule has 0 saturated heterocycles. The fourth-order valence-electron chi connectivity index (χ4n) is 3.44. The van der Waals surface area contributed by atoms with E-state index in [1.54, 1.807) is 12.3 Å². The van der Waals surface area contributed by atoms with Crippen molar-refractivity contribution in [1.82, 2.24) is 9.99 Å². The minimum atomic E-state index is -0.217. The van der Waals surface area contributed by atoms with Crippen molar-refractivity contribution in [2.75, 3.05) is 0 Å². The van der Waals surface area contributed by atoms with Gasteiger partial charge in [-0.25, -0.2) is 5.43 Å².